The second-order valence-electron chi connectivity index (χ2n) is 7.23. The van der Waals surface area contributed by atoms with Crippen LogP contribution in [0.2, 0.25) is 0 Å². The summed E-state index contributed by atoms with van der Waals surface area (Å²) in [6.45, 7) is 4.58. The Labute approximate surface area is 183 Å². The lowest BCUT2D eigenvalue weighted by atomic mass is 10.2. The molecule has 1 heterocycles. The molecule has 1 fully saturated rings. The van der Waals surface area contributed by atoms with Gasteiger partial charge in [0.05, 0.1) is 24.7 Å². The zero-order valence-electron chi connectivity index (χ0n) is 17.6. The third-order valence-electron chi connectivity index (χ3n) is 4.79. The Hall–Kier alpha value is -2.68. The van der Waals surface area contributed by atoms with Gasteiger partial charge >= 0.3 is 0 Å². The Morgan fingerprint density at radius 1 is 1.16 bits per heavy atom. The number of benzene rings is 2. The average Bonchev–Trinajstić information content (AvgIpc) is 2.78. The summed E-state index contributed by atoms with van der Waals surface area (Å²) >= 11 is 0. The molecule has 2 aromatic rings. The van der Waals surface area contributed by atoms with Gasteiger partial charge < -0.3 is 14.8 Å². The van der Waals surface area contributed by atoms with E-state index in [4.69, 9.17) is 9.47 Å². The summed E-state index contributed by atoms with van der Waals surface area (Å²) in [7, 11) is -3.51. The molecule has 1 N–H and O–H groups in total. The first-order chi connectivity index (χ1) is 14.9. The predicted octanol–water partition coefficient (Wildman–Crippen LogP) is 2.61. The number of morpholine rings is 1. The van der Waals surface area contributed by atoms with Crippen LogP contribution in [0.15, 0.2) is 59.5 Å². The second kappa shape index (κ2) is 11.1. The van der Waals surface area contributed by atoms with Crippen molar-refractivity contribution in [2.75, 3.05) is 39.5 Å². The molecule has 31 heavy (non-hydrogen) atoms. The summed E-state index contributed by atoms with van der Waals surface area (Å²) in [5, 5.41) is 2.81. The van der Waals surface area contributed by atoms with Gasteiger partial charge in [-0.05, 0) is 54.8 Å². The Morgan fingerprint density at radius 3 is 2.61 bits per heavy atom. The molecule has 0 bridgehead atoms. The molecule has 0 saturated carbocycles. The van der Waals surface area contributed by atoms with E-state index < -0.39 is 10.0 Å². The van der Waals surface area contributed by atoms with E-state index in [0.717, 1.165) is 16.9 Å². The molecule has 0 aliphatic carbocycles. The van der Waals surface area contributed by atoms with Gasteiger partial charge in [0.2, 0.25) is 15.9 Å². The van der Waals surface area contributed by atoms with Gasteiger partial charge in [-0.2, -0.15) is 4.31 Å². The molecule has 2 aromatic carbocycles. The van der Waals surface area contributed by atoms with Gasteiger partial charge in [0.25, 0.3) is 0 Å². The van der Waals surface area contributed by atoms with E-state index in [9.17, 15) is 13.2 Å². The van der Waals surface area contributed by atoms with E-state index >= 15 is 0 Å². The van der Waals surface area contributed by atoms with E-state index in [1.54, 1.807) is 30.3 Å². The molecule has 7 nitrogen and oxygen atoms in total. The number of carbonyl (C=O) groups is 1. The number of aryl methyl sites for hydroxylation is 1. The number of hydrogen-bond acceptors (Lipinski definition) is 5. The molecule has 3 rings (SSSR count). The van der Waals surface area contributed by atoms with Gasteiger partial charge in [-0.15, -0.1) is 0 Å². The summed E-state index contributed by atoms with van der Waals surface area (Å²) in [5.74, 6) is 0.617. The molecule has 0 unspecified atom stereocenters. The lowest BCUT2D eigenvalue weighted by Crippen LogP contribution is -2.40. The van der Waals surface area contributed by atoms with E-state index in [0.29, 0.717) is 45.9 Å². The van der Waals surface area contributed by atoms with Crippen molar-refractivity contribution in [1.29, 1.82) is 0 Å². The van der Waals surface area contributed by atoms with Gasteiger partial charge in [-0.1, -0.05) is 24.3 Å². The predicted molar refractivity (Wildman–Crippen MR) is 119 cm³/mol. The highest BCUT2D eigenvalue weighted by Gasteiger charge is 2.25. The van der Waals surface area contributed by atoms with Crippen LogP contribution in [-0.2, 0) is 19.6 Å². The van der Waals surface area contributed by atoms with Crippen LogP contribution in [0.4, 0.5) is 0 Å². The highest BCUT2D eigenvalue weighted by molar-refractivity contribution is 7.89. The van der Waals surface area contributed by atoms with Crippen molar-refractivity contribution < 1.29 is 22.7 Å². The topological polar surface area (TPSA) is 84.9 Å². The minimum atomic E-state index is -3.51. The van der Waals surface area contributed by atoms with Crippen molar-refractivity contribution in [3.63, 3.8) is 0 Å². The highest BCUT2D eigenvalue weighted by atomic mass is 32.2. The molecule has 0 atom stereocenters. The molecule has 166 valence electrons. The Kier molecular flexibility index (Phi) is 8.22. The number of sulfonamides is 1. The molecule has 8 heteroatoms. The smallest absolute Gasteiger partial charge is 0.244 e. The normalized spacial score (nSPS) is 15.1. The van der Waals surface area contributed by atoms with Crippen LogP contribution in [0.5, 0.6) is 5.75 Å². The van der Waals surface area contributed by atoms with Crippen LogP contribution in [0.3, 0.4) is 0 Å². The third kappa shape index (κ3) is 6.92. The first-order valence-electron chi connectivity index (χ1n) is 10.3. The number of rotatable bonds is 9. The zero-order chi connectivity index (χ0) is 22.1. The van der Waals surface area contributed by atoms with Gasteiger partial charge in [0.1, 0.15) is 5.75 Å². The third-order valence-corrected chi connectivity index (χ3v) is 6.71. The summed E-state index contributed by atoms with van der Waals surface area (Å²) in [5.41, 5.74) is 1.89. The SMILES string of the molecule is Cc1cccc(OCCCNC(=O)/C=C/c2ccc(S(=O)(=O)N3CCOCC3)cc2)c1. The fourth-order valence-electron chi connectivity index (χ4n) is 3.10. The van der Waals surface area contributed by atoms with Crippen LogP contribution >= 0.6 is 0 Å². The molecule has 1 amide bonds. The molecule has 1 aliphatic rings. The number of hydrogen-bond donors (Lipinski definition) is 1. The summed E-state index contributed by atoms with van der Waals surface area (Å²) < 4.78 is 37.5. The van der Waals surface area contributed by atoms with Crippen LogP contribution in [0.1, 0.15) is 17.5 Å². The molecule has 0 radical (unpaired) electrons. The first-order valence-corrected chi connectivity index (χ1v) is 11.7. The van der Waals surface area contributed by atoms with Gasteiger partial charge in [0.15, 0.2) is 0 Å². The van der Waals surface area contributed by atoms with Gasteiger partial charge in [-0.3, -0.25) is 4.79 Å². The highest BCUT2D eigenvalue weighted by Crippen LogP contribution is 2.18. The number of carbonyl (C=O) groups excluding carboxylic acids is 1. The largest absolute Gasteiger partial charge is 0.494 e. The summed E-state index contributed by atoms with van der Waals surface area (Å²) in [6.07, 6.45) is 3.79. The van der Waals surface area contributed by atoms with Crippen molar-refractivity contribution in [2.45, 2.75) is 18.2 Å². The van der Waals surface area contributed by atoms with E-state index in [2.05, 4.69) is 5.32 Å². The van der Waals surface area contributed by atoms with E-state index in [-0.39, 0.29) is 10.8 Å². The summed E-state index contributed by atoms with van der Waals surface area (Å²) in [4.78, 5) is 12.2. The number of nitrogens with zero attached hydrogens (tertiary/aromatic N) is 1. The maximum atomic E-state index is 12.6. The molecule has 0 aromatic heterocycles. The van der Waals surface area contributed by atoms with Gasteiger partial charge in [-0.25, -0.2) is 8.42 Å². The van der Waals surface area contributed by atoms with Crippen molar-refractivity contribution in [3.8, 4) is 5.75 Å². The van der Waals surface area contributed by atoms with Crippen molar-refractivity contribution >= 4 is 22.0 Å². The Morgan fingerprint density at radius 2 is 1.90 bits per heavy atom. The van der Waals surface area contributed by atoms with Crippen LogP contribution in [0.25, 0.3) is 6.08 Å². The van der Waals surface area contributed by atoms with E-state index in [1.165, 1.54) is 10.4 Å². The fourth-order valence-corrected chi connectivity index (χ4v) is 4.50. The maximum Gasteiger partial charge on any atom is 0.244 e. The molecule has 1 aliphatic heterocycles. The number of nitrogens with one attached hydrogen (secondary N) is 1. The Bertz CT molecular complexity index is 997. The maximum absolute atomic E-state index is 12.6. The molecule has 1 saturated heterocycles. The van der Waals surface area contributed by atoms with Crippen LogP contribution in [0, 0.1) is 6.92 Å². The number of ether oxygens (including phenoxy) is 2. The average molecular weight is 445 g/mol. The van der Waals surface area contributed by atoms with E-state index in [1.807, 2.05) is 31.2 Å². The first kappa shape index (κ1) is 23.0. The van der Waals surface area contributed by atoms with Gasteiger partial charge in [0, 0.05) is 25.7 Å². The molecule has 0 spiro atoms. The molecular formula is C23H28N2O5S. The van der Waals surface area contributed by atoms with Crippen molar-refractivity contribution in [1.82, 2.24) is 9.62 Å². The number of amides is 1. The monoisotopic (exact) mass is 444 g/mol. The second-order valence-corrected chi connectivity index (χ2v) is 9.17. The minimum absolute atomic E-state index is 0.208. The minimum Gasteiger partial charge on any atom is -0.494 e. The standard InChI is InChI=1S/C23H28N2O5S/c1-19-4-2-5-21(18-19)30-15-3-12-24-23(26)11-8-20-6-9-22(10-7-20)31(27,28)25-13-16-29-17-14-25/h2,4-11,18H,3,12-17H2,1H3,(H,24,26)/b11-8+. The lowest BCUT2D eigenvalue weighted by molar-refractivity contribution is -0.116. The zero-order valence-corrected chi connectivity index (χ0v) is 18.4. The lowest BCUT2D eigenvalue weighted by Gasteiger charge is -2.26. The quantitative estimate of drug-likeness (QED) is 0.475. The summed E-state index contributed by atoms with van der Waals surface area (Å²) in [6, 6.07) is 14.3. The molecular weight excluding hydrogens is 416 g/mol. The van der Waals surface area contributed by atoms with Crippen LogP contribution < -0.4 is 10.1 Å². The van der Waals surface area contributed by atoms with Crippen LogP contribution in [-0.4, -0.2) is 58.1 Å². The Balaban J connectivity index is 1.42. The van der Waals surface area contributed by atoms with Crippen molar-refractivity contribution in [3.05, 3.63) is 65.7 Å². The fraction of sp³-hybridized carbons (Fsp3) is 0.348. The van der Waals surface area contributed by atoms with Crippen molar-refractivity contribution in [2.24, 2.45) is 0 Å².